The van der Waals surface area contributed by atoms with E-state index in [2.05, 4.69) is 65.7 Å². The van der Waals surface area contributed by atoms with E-state index in [0.29, 0.717) is 4.90 Å². The van der Waals surface area contributed by atoms with Crippen molar-refractivity contribution in [1.29, 1.82) is 0 Å². The lowest BCUT2D eigenvalue weighted by Crippen LogP contribution is -2.69. The van der Waals surface area contributed by atoms with Gasteiger partial charge in [-0.2, -0.15) is 0 Å². The van der Waals surface area contributed by atoms with Gasteiger partial charge in [0.15, 0.2) is 0 Å². The van der Waals surface area contributed by atoms with Crippen LogP contribution in [0.25, 0.3) is 0 Å². The van der Waals surface area contributed by atoms with Gasteiger partial charge >= 0.3 is 0 Å². The van der Waals surface area contributed by atoms with Crippen LogP contribution in [0.2, 0.25) is 5.04 Å². The van der Waals surface area contributed by atoms with Crippen LogP contribution in [0.3, 0.4) is 0 Å². The molecule has 9 heteroatoms. The predicted octanol–water partition coefficient (Wildman–Crippen LogP) is 7.53. The van der Waals surface area contributed by atoms with Crippen LogP contribution in [0.5, 0.6) is 0 Å². The molecular formula is C39H42BrNO4S2Si. The Morgan fingerprint density at radius 2 is 1.19 bits per heavy atom. The Bertz CT molecular complexity index is 1850. The van der Waals surface area contributed by atoms with Gasteiger partial charge in [-0.15, -0.1) is 0 Å². The van der Waals surface area contributed by atoms with E-state index in [1.165, 1.54) is 0 Å². The van der Waals surface area contributed by atoms with Gasteiger partial charge in [-0.3, -0.25) is 4.21 Å². The van der Waals surface area contributed by atoms with E-state index >= 15 is 0 Å². The molecule has 48 heavy (non-hydrogen) atoms. The summed E-state index contributed by atoms with van der Waals surface area (Å²) in [6, 6.07) is 45.5. The van der Waals surface area contributed by atoms with Crippen molar-refractivity contribution in [2.75, 3.05) is 5.75 Å². The predicted molar refractivity (Wildman–Crippen MR) is 204 cm³/mol. The molecule has 5 rings (SSSR count). The summed E-state index contributed by atoms with van der Waals surface area (Å²) >= 11 is 3.99. The number of aryl methyl sites for hydroxylation is 1. The van der Waals surface area contributed by atoms with E-state index in [-0.39, 0.29) is 15.7 Å². The van der Waals surface area contributed by atoms with E-state index in [1.54, 1.807) is 24.3 Å². The SMILES string of the molecule is Cc1ccc(S(=O)(=O)N[C@@H](c2ccccc2)[C@H](Br)[C@H](CS(=O)c2ccccc2)O[Si](c2ccccc2)(c2ccccc2)C(C)(C)C)cc1. The molecular weight excluding hydrogens is 719 g/mol. The van der Waals surface area contributed by atoms with Crippen LogP contribution in [0.1, 0.15) is 37.9 Å². The van der Waals surface area contributed by atoms with Crippen LogP contribution in [-0.4, -0.2) is 37.6 Å². The molecule has 0 aliphatic heterocycles. The lowest BCUT2D eigenvalue weighted by molar-refractivity contribution is 0.196. The molecule has 0 amide bonds. The Balaban J connectivity index is 1.67. The van der Waals surface area contributed by atoms with E-state index in [1.807, 2.05) is 104 Å². The summed E-state index contributed by atoms with van der Waals surface area (Å²) in [5, 5.41) is 1.80. The van der Waals surface area contributed by atoms with E-state index in [0.717, 1.165) is 21.5 Å². The van der Waals surface area contributed by atoms with Gasteiger partial charge in [-0.25, -0.2) is 13.1 Å². The third-order valence-electron chi connectivity index (χ3n) is 8.51. The second-order valence-corrected chi connectivity index (χ2v) is 21.4. The maximum Gasteiger partial charge on any atom is 0.261 e. The maximum absolute atomic E-state index is 14.2. The van der Waals surface area contributed by atoms with Gasteiger partial charge in [0, 0.05) is 4.90 Å². The Labute approximate surface area is 297 Å². The first-order valence-electron chi connectivity index (χ1n) is 15.9. The molecule has 0 fully saturated rings. The van der Waals surface area contributed by atoms with Gasteiger partial charge < -0.3 is 4.43 Å². The first-order valence-corrected chi connectivity index (χ1v) is 21.6. The van der Waals surface area contributed by atoms with Gasteiger partial charge in [0.25, 0.3) is 8.32 Å². The topological polar surface area (TPSA) is 72.5 Å². The monoisotopic (exact) mass is 759 g/mol. The van der Waals surface area contributed by atoms with Crippen molar-refractivity contribution in [3.8, 4) is 0 Å². The highest BCUT2D eigenvalue weighted by molar-refractivity contribution is 9.09. The van der Waals surface area contributed by atoms with Crippen molar-refractivity contribution >= 4 is 55.4 Å². The summed E-state index contributed by atoms with van der Waals surface area (Å²) in [6.07, 6.45) is -0.691. The van der Waals surface area contributed by atoms with E-state index in [9.17, 15) is 12.6 Å². The van der Waals surface area contributed by atoms with Crippen LogP contribution in [0.4, 0.5) is 0 Å². The van der Waals surface area contributed by atoms with Crippen LogP contribution < -0.4 is 15.1 Å². The summed E-state index contributed by atoms with van der Waals surface area (Å²) in [6.45, 7) is 8.51. The number of benzene rings is 5. The molecule has 0 aliphatic carbocycles. The van der Waals surface area contributed by atoms with Crippen molar-refractivity contribution in [2.45, 2.75) is 59.5 Å². The molecule has 5 aromatic rings. The molecule has 0 spiro atoms. The van der Waals surface area contributed by atoms with E-state index in [4.69, 9.17) is 4.43 Å². The van der Waals surface area contributed by atoms with E-state index < -0.39 is 46.1 Å². The van der Waals surface area contributed by atoms with Gasteiger partial charge in [-0.05, 0) is 52.2 Å². The number of nitrogens with one attached hydrogen (secondary N) is 1. The molecule has 0 saturated carbocycles. The van der Waals surface area contributed by atoms with Gasteiger partial charge in [0.05, 0.1) is 38.4 Å². The molecule has 0 aromatic heterocycles. The minimum absolute atomic E-state index is 0.139. The average molecular weight is 761 g/mol. The summed E-state index contributed by atoms with van der Waals surface area (Å²) in [5.41, 5.74) is 1.73. The molecule has 0 bridgehead atoms. The third-order valence-corrected chi connectivity index (χ3v) is 17.6. The molecule has 5 aromatic carbocycles. The fraction of sp³-hybridized carbons (Fsp3) is 0.231. The third kappa shape index (κ3) is 8.16. The molecule has 0 aliphatic rings. The summed E-state index contributed by atoms with van der Waals surface area (Å²) in [7, 11) is -8.57. The molecule has 1 unspecified atom stereocenters. The average Bonchev–Trinajstić information content (AvgIpc) is 3.10. The Morgan fingerprint density at radius 3 is 1.67 bits per heavy atom. The Hall–Kier alpha value is -3.18. The van der Waals surface area contributed by atoms with Gasteiger partial charge in [0.1, 0.15) is 0 Å². The number of hydrogen-bond acceptors (Lipinski definition) is 4. The molecule has 0 heterocycles. The second kappa shape index (κ2) is 15.6. The minimum Gasteiger partial charge on any atom is -0.402 e. The first kappa shape index (κ1) is 36.1. The van der Waals surface area contributed by atoms with Crippen LogP contribution >= 0.6 is 15.9 Å². The molecule has 4 atom stereocenters. The van der Waals surface area contributed by atoms with Crippen molar-refractivity contribution in [2.24, 2.45) is 0 Å². The van der Waals surface area contributed by atoms with Crippen LogP contribution in [0, 0.1) is 6.92 Å². The molecule has 250 valence electrons. The van der Waals surface area contributed by atoms with Crippen molar-refractivity contribution in [3.05, 3.63) is 157 Å². The highest BCUT2D eigenvalue weighted by Crippen LogP contribution is 2.40. The van der Waals surface area contributed by atoms with Gasteiger partial charge in [0.2, 0.25) is 10.0 Å². The lowest BCUT2D eigenvalue weighted by Gasteiger charge is -2.46. The quantitative estimate of drug-likeness (QED) is 0.0996. The Morgan fingerprint density at radius 1 is 0.729 bits per heavy atom. The molecule has 0 saturated heterocycles. The van der Waals surface area contributed by atoms with Crippen molar-refractivity contribution in [3.63, 3.8) is 0 Å². The molecule has 0 radical (unpaired) electrons. The molecule has 5 nitrogen and oxygen atoms in total. The Kier molecular flexibility index (Phi) is 11.7. The zero-order chi connectivity index (χ0) is 34.4. The highest BCUT2D eigenvalue weighted by atomic mass is 79.9. The number of rotatable bonds is 13. The number of sulfonamides is 1. The molecule has 1 N–H and O–H groups in total. The van der Waals surface area contributed by atoms with Gasteiger partial charge in [-0.1, -0.05) is 164 Å². The zero-order valence-corrected chi connectivity index (χ0v) is 31.8. The first-order chi connectivity index (χ1) is 22.9. The van der Waals surface area contributed by atoms with Crippen molar-refractivity contribution < 1.29 is 17.1 Å². The fourth-order valence-corrected chi connectivity index (χ4v) is 14.7. The number of hydrogen-bond donors (Lipinski definition) is 1. The normalized spacial score (nSPS) is 14.9. The summed E-state index contributed by atoms with van der Waals surface area (Å²) in [5.74, 6) is 0.139. The minimum atomic E-state index is -3.96. The summed E-state index contributed by atoms with van der Waals surface area (Å²) in [4.78, 5) is 0.241. The van der Waals surface area contributed by atoms with Crippen LogP contribution in [0.15, 0.2) is 155 Å². The number of alkyl halides is 1. The zero-order valence-electron chi connectivity index (χ0n) is 27.6. The summed E-state index contributed by atoms with van der Waals surface area (Å²) < 4.78 is 52.7. The largest absolute Gasteiger partial charge is 0.402 e. The maximum atomic E-state index is 14.2. The number of halogens is 1. The highest BCUT2D eigenvalue weighted by Gasteiger charge is 2.53. The fourth-order valence-electron chi connectivity index (χ4n) is 6.07. The lowest BCUT2D eigenvalue weighted by atomic mass is 10.0. The van der Waals surface area contributed by atoms with Crippen LogP contribution in [-0.2, 0) is 25.2 Å². The standard InChI is InChI=1S/C39H42BrNO4S2Si/c1-30-25-27-33(28-26-30)47(43,44)41-38(31-17-9-5-10-18-31)37(40)36(29-46(42)32-19-11-6-12-20-32)45-48(39(2,3)4,34-21-13-7-14-22-34)35-23-15-8-16-24-35/h5-28,36-38,41H,29H2,1-4H3/t36-,37+,38-,46?/m0/s1. The smallest absolute Gasteiger partial charge is 0.261 e. The van der Waals surface area contributed by atoms with Crippen molar-refractivity contribution in [1.82, 2.24) is 4.72 Å². The second-order valence-electron chi connectivity index (χ2n) is 12.9.